The van der Waals surface area contributed by atoms with Gasteiger partial charge in [0.05, 0.1) is 13.2 Å². The van der Waals surface area contributed by atoms with Crippen molar-refractivity contribution in [1.29, 1.82) is 0 Å². The van der Waals surface area contributed by atoms with Crippen molar-refractivity contribution in [1.82, 2.24) is 0 Å². The van der Waals surface area contributed by atoms with Crippen molar-refractivity contribution >= 4 is 5.97 Å². The van der Waals surface area contributed by atoms with Crippen LogP contribution in [-0.2, 0) is 9.53 Å². The monoisotopic (exact) mass is 300 g/mol. The minimum Gasteiger partial charge on any atom is -0.469 e. The number of esters is 1. The van der Waals surface area contributed by atoms with E-state index < -0.39 is 0 Å². The van der Waals surface area contributed by atoms with Crippen molar-refractivity contribution in [2.45, 2.75) is 80.3 Å². The number of hydrogen-bond donors (Lipinski definition) is 1. The van der Waals surface area contributed by atoms with E-state index >= 15 is 0 Å². The molecule has 0 bridgehead atoms. The largest absolute Gasteiger partial charge is 0.469 e. The molecule has 3 nitrogen and oxygen atoms in total. The van der Waals surface area contributed by atoms with E-state index in [0.717, 1.165) is 19.3 Å². The minimum atomic E-state index is -0.300. The summed E-state index contributed by atoms with van der Waals surface area (Å²) in [6.07, 6.45) is 2.73. The van der Waals surface area contributed by atoms with Gasteiger partial charge in [0.1, 0.15) is 0 Å². The molecule has 0 radical (unpaired) electrons. The van der Waals surface area contributed by atoms with E-state index in [-0.39, 0.29) is 28.8 Å². The number of ether oxygens (including phenoxy) is 1. The molecule has 0 heterocycles. The number of aliphatic hydroxyl groups excluding tert-OH is 1. The zero-order valence-electron chi connectivity index (χ0n) is 15.3. The van der Waals surface area contributed by atoms with Gasteiger partial charge in [-0.05, 0) is 41.9 Å². The predicted molar refractivity (Wildman–Crippen MR) is 88.1 cm³/mol. The summed E-state index contributed by atoms with van der Waals surface area (Å²) in [7, 11) is 1.43. The number of aliphatic hydroxyl groups is 1. The van der Waals surface area contributed by atoms with E-state index in [2.05, 4.69) is 48.5 Å². The number of carbonyl (C=O) groups is 1. The molecule has 0 aliphatic carbocycles. The average Bonchev–Trinajstić information content (AvgIpc) is 2.29. The summed E-state index contributed by atoms with van der Waals surface area (Å²) in [5.41, 5.74) is 0.183. The van der Waals surface area contributed by atoms with Crippen LogP contribution in [-0.4, -0.2) is 24.3 Å². The molecule has 0 rings (SSSR count). The number of rotatable bonds is 7. The lowest BCUT2D eigenvalue weighted by Crippen LogP contribution is -2.36. The molecular weight excluding hydrogens is 264 g/mol. The van der Waals surface area contributed by atoms with Gasteiger partial charge in [-0.3, -0.25) is 4.79 Å². The first-order valence-corrected chi connectivity index (χ1v) is 8.11. The average molecular weight is 300 g/mol. The normalized spacial score (nSPS) is 17.2. The Bertz CT molecular complexity index is 309. The van der Waals surface area contributed by atoms with Gasteiger partial charge in [0, 0.05) is 6.42 Å². The Labute approximate surface area is 131 Å². The smallest absolute Gasteiger partial charge is 0.305 e. The Morgan fingerprint density at radius 3 is 2.05 bits per heavy atom. The topological polar surface area (TPSA) is 46.5 Å². The standard InChI is InChI=1S/C18H36O3/c1-13(9-10-16(20)21-8)11-14(18(5,6)7)15(19)12-17(2,3)4/h13-15,19H,9-12H2,1-8H3. The Morgan fingerprint density at radius 1 is 1.14 bits per heavy atom. The Morgan fingerprint density at radius 2 is 1.67 bits per heavy atom. The van der Waals surface area contributed by atoms with Crippen LogP contribution < -0.4 is 0 Å². The van der Waals surface area contributed by atoms with Crippen LogP contribution in [0.15, 0.2) is 0 Å². The zero-order chi connectivity index (χ0) is 16.8. The molecule has 0 saturated heterocycles. The lowest BCUT2D eigenvalue weighted by Gasteiger charge is -2.38. The summed E-state index contributed by atoms with van der Waals surface area (Å²) >= 11 is 0. The Hall–Kier alpha value is -0.570. The predicted octanol–water partition coefficient (Wildman–Crippen LogP) is 4.43. The highest BCUT2D eigenvalue weighted by Gasteiger charge is 2.34. The van der Waals surface area contributed by atoms with E-state index in [1.165, 1.54) is 7.11 Å². The maximum atomic E-state index is 11.2. The van der Waals surface area contributed by atoms with Gasteiger partial charge in [-0.15, -0.1) is 0 Å². The van der Waals surface area contributed by atoms with Crippen LogP contribution in [0.3, 0.4) is 0 Å². The van der Waals surface area contributed by atoms with Crippen LogP contribution in [0, 0.1) is 22.7 Å². The van der Waals surface area contributed by atoms with Crippen molar-refractivity contribution in [3.63, 3.8) is 0 Å². The van der Waals surface area contributed by atoms with Gasteiger partial charge in [0.25, 0.3) is 0 Å². The number of methoxy groups -OCH3 is 1. The molecule has 0 aliphatic rings. The molecule has 0 saturated carbocycles. The molecule has 0 aliphatic heterocycles. The van der Waals surface area contributed by atoms with E-state index in [4.69, 9.17) is 4.74 Å². The third kappa shape index (κ3) is 9.13. The molecule has 3 unspecified atom stereocenters. The second-order valence-electron chi connectivity index (χ2n) is 8.76. The molecule has 0 aromatic heterocycles. The molecule has 3 atom stereocenters. The van der Waals surface area contributed by atoms with Gasteiger partial charge in [-0.25, -0.2) is 0 Å². The Kier molecular flexibility index (Phi) is 7.94. The first-order chi connectivity index (χ1) is 9.36. The fraction of sp³-hybridized carbons (Fsp3) is 0.944. The fourth-order valence-corrected chi connectivity index (χ4v) is 2.88. The van der Waals surface area contributed by atoms with Crippen LogP contribution in [0.25, 0.3) is 0 Å². The summed E-state index contributed by atoms with van der Waals surface area (Å²) in [5, 5.41) is 10.7. The Balaban J connectivity index is 4.67. The van der Waals surface area contributed by atoms with Crippen LogP contribution in [0.2, 0.25) is 0 Å². The zero-order valence-corrected chi connectivity index (χ0v) is 15.3. The van der Waals surface area contributed by atoms with E-state index in [0.29, 0.717) is 12.3 Å². The lowest BCUT2D eigenvalue weighted by molar-refractivity contribution is -0.141. The molecule has 0 spiro atoms. The molecule has 1 N–H and O–H groups in total. The van der Waals surface area contributed by atoms with Gasteiger partial charge >= 0.3 is 5.97 Å². The van der Waals surface area contributed by atoms with Crippen LogP contribution in [0.1, 0.15) is 74.1 Å². The SMILES string of the molecule is COC(=O)CCC(C)CC(C(O)CC(C)(C)C)C(C)(C)C. The number of carbonyl (C=O) groups excluding carboxylic acids is 1. The second-order valence-corrected chi connectivity index (χ2v) is 8.76. The highest BCUT2D eigenvalue weighted by molar-refractivity contribution is 5.69. The minimum absolute atomic E-state index is 0.0597. The van der Waals surface area contributed by atoms with E-state index in [1.54, 1.807) is 0 Å². The molecule has 0 fully saturated rings. The molecule has 3 heteroatoms. The highest BCUT2D eigenvalue weighted by atomic mass is 16.5. The molecule has 0 amide bonds. The molecule has 0 aromatic rings. The van der Waals surface area contributed by atoms with Crippen molar-refractivity contribution in [3.8, 4) is 0 Å². The van der Waals surface area contributed by atoms with E-state index in [1.807, 2.05) is 0 Å². The first kappa shape index (κ1) is 20.4. The third-order valence-electron chi connectivity index (χ3n) is 4.12. The van der Waals surface area contributed by atoms with Crippen molar-refractivity contribution in [2.75, 3.05) is 7.11 Å². The quantitative estimate of drug-likeness (QED) is 0.708. The summed E-state index contributed by atoms with van der Waals surface area (Å²) in [6, 6.07) is 0. The van der Waals surface area contributed by atoms with Gasteiger partial charge in [0.15, 0.2) is 0 Å². The summed E-state index contributed by atoms with van der Waals surface area (Å²) in [5.74, 6) is 0.497. The molecular formula is C18H36O3. The first-order valence-electron chi connectivity index (χ1n) is 8.11. The molecule has 126 valence electrons. The maximum absolute atomic E-state index is 11.2. The second kappa shape index (κ2) is 8.17. The molecule has 21 heavy (non-hydrogen) atoms. The van der Waals surface area contributed by atoms with Crippen molar-refractivity contribution < 1.29 is 14.6 Å². The van der Waals surface area contributed by atoms with Gasteiger partial charge in [-0.1, -0.05) is 48.5 Å². The third-order valence-corrected chi connectivity index (χ3v) is 4.12. The number of hydrogen-bond acceptors (Lipinski definition) is 3. The maximum Gasteiger partial charge on any atom is 0.305 e. The van der Waals surface area contributed by atoms with Gasteiger partial charge < -0.3 is 9.84 Å². The summed E-state index contributed by atoms with van der Waals surface area (Å²) in [4.78, 5) is 11.2. The van der Waals surface area contributed by atoms with Crippen molar-refractivity contribution in [2.24, 2.45) is 22.7 Å². The fourth-order valence-electron chi connectivity index (χ4n) is 2.88. The van der Waals surface area contributed by atoms with Crippen LogP contribution in [0.5, 0.6) is 0 Å². The highest BCUT2D eigenvalue weighted by Crippen LogP contribution is 2.38. The van der Waals surface area contributed by atoms with Crippen LogP contribution in [0.4, 0.5) is 0 Å². The van der Waals surface area contributed by atoms with Crippen molar-refractivity contribution in [3.05, 3.63) is 0 Å². The summed E-state index contributed by atoms with van der Waals surface area (Å²) in [6.45, 7) is 15.2. The summed E-state index contributed by atoms with van der Waals surface area (Å²) < 4.78 is 4.70. The van der Waals surface area contributed by atoms with Gasteiger partial charge in [-0.2, -0.15) is 0 Å². The molecule has 0 aromatic carbocycles. The van der Waals surface area contributed by atoms with E-state index in [9.17, 15) is 9.90 Å². The van der Waals surface area contributed by atoms with Crippen LogP contribution >= 0.6 is 0 Å². The lowest BCUT2D eigenvalue weighted by atomic mass is 9.69. The van der Waals surface area contributed by atoms with Gasteiger partial charge in [0.2, 0.25) is 0 Å².